The van der Waals surface area contributed by atoms with Crippen molar-refractivity contribution in [2.24, 2.45) is 0 Å². The number of nitrogens with one attached hydrogen (secondary N) is 1. The summed E-state index contributed by atoms with van der Waals surface area (Å²) >= 11 is 0. The third-order valence-corrected chi connectivity index (χ3v) is 3.44. The van der Waals surface area contributed by atoms with Crippen molar-refractivity contribution in [1.82, 2.24) is 9.97 Å². The van der Waals surface area contributed by atoms with Crippen molar-refractivity contribution >= 4 is 5.82 Å². The highest BCUT2D eigenvalue weighted by Gasteiger charge is 2.28. The van der Waals surface area contributed by atoms with E-state index >= 15 is 0 Å². The van der Waals surface area contributed by atoms with E-state index in [2.05, 4.69) is 42.1 Å². The lowest BCUT2D eigenvalue weighted by atomic mass is 10.0. The Labute approximate surface area is 117 Å². The number of nitrogens with zero attached hydrogens (tertiary/aromatic N) is 2. The summed E-state index contributed by atoms with van der Waals surface area (Å²) in [5, 5.41) is 3.35. The third kappa shape index (κ3) is 4.16. The Morgan fingerprint density at radius 2 is 1.95 bits per heavy atom. The molecule has 0 radical (unpaired) electrons. The Balaban J connectivity index is 3.11. The van der Waals surface area contributed by atoms with Crippen molar-refractivity contribution < 1.29 is 4.74 Å². The van der Waals surface area contributed by atoms with Crippen LogP contribution in [0.1, 0.15) is 58.5 Å². The zero-order valence-corrected chi connectivity index (χ0v) is 12.9. The molecule has 0 aliphatic carbocycles. The molecule has 108 valence electrons. The first-order chi connectivity index (χ1) is 9.09. The number of ether oxygens (including phenoxy) is 1. The highest BCUT2D eigenvalue weighted by molar-refractivity contribution is 5.37. The van der Waals surface area contributed by atoms with E-state index in [9.17, 15) is 0 Å². The number of methoxy groups -OCH3 is 1. The van der Waals surface area contributed by atoms with Crippen molar-refractivity contribution in [3.63, 3.8) is 0 Å². The predicted molar refractivity (Wildman–Crippen MR) is 79.5 cm³/mol. The lowest BCUT2D eigenvalue weighted by molar-refractivity contribution is -0.00904. The molecule has 19 heavy (non-hydrogen) atoms. The smallest absolute Gasteiger partial charge is 0.162 e. The van der Waals surface area contributed by atoms with Gasteiger partial charge < -0.3 is 10.1 Å². The van der Waals surface area contributed by atoms with Gasteiger partial charge >= 0.3 is 0 Å². The summed E-state index contributed by atoms with van der Waals surface area (Å²) in [4.78, 5) is 9.29. The van der Waals surface area contributed by atoms with Crippen LogP contribution >= 0.6 is 0 Å². The molecular formula is C15H27N3O. The molecule has 0 amide bonds. The van der Waals surface area contributed by atoms with Crippen molar-refractivity contribution in [3.05, 3.63) is 17.6 Å². The molecular weight excluding hydrogens is 238 g/mol. The second kappa shape index (κ2) is 7.43. The van der Waals surface area contributed by atoms with Crippen molar-refractivity contribution in [2.75, 3.05) is 19.0 Å². The average molecular weight is 265 g/mol. The van der Waals surface area contributed by atoms with Gasteiger partial charge in [0.05, 0.1) is 0 Å². The first-order valence-electron chi connectivity index (χ1n) is 7.27. The standard InChI is InChI=1S/C15H27N3O/c1-6-9-12-11-13(16-10-7-2)18-14(17-12)15(4,8-3)19-5/h11H,6-10H2,1-5H3,(H,16,17,18). The summed E-state index contributed by atoms with van der Waals surface area (Å²) in [5.41, 5.74) is 0.676. The van der Waals surface area contributed by atoms with Gasteiger partial charge in [-0.15, -0.1) is 0 Å². The summed E-state index contributed by atoms with van der Waals surface area (Å²) in [7, 11) is 1.72. The van der Waals surface area contributed by atoms with E-state index in [4.69, 9.17) is 4.74 Å². The van der Waals surface area contributed by atoms with Gasteiger partial charge in [-0.25, -0.2) is 9.97 Å². The predicted octanol–water partition coefficient (Wildman–Crippen LogP) is 3.52. The highest BCUT2D eigenvalue weighted by Crippen LogP contribution is 2.26. The number of aromatic nitrogens is 2. The molecule has 1 rings (SSSR count). The molecule has 1 aromatic rings. The number of hydrogen-bond acceptors (Lipinski definition) is 4. The Kier molecular flexibility index (Phi) is 6.22. The van der Waals surface area contributed by atoms with Crippen LogP contribution < -0.4 is 5.32 Å². The van der Waals surface area contributed by atoms with Crippen LogP contribution in [-0.2, 0) is 16.8 Å². The fourth-order valence-corrected chi connectivity index (χ4v) is 1.86. The maximum atomic E-state index is 5.61. The molecule has 1 atom stereocenters. The summed E-state index contributed by atoms with van der Waals surface area (Å²) in [5.74, 6) is 1.69. The number of hydrogen-bond donors (Lipinski definition) is 1. The molecule has 0 aromatic carbocycles. The van der Waals surface area contributed by atoms with E-state index in [1.807, 2.05) is 6.92 Å². The van der Waals surface area contributed by atoms with Gasteiger partial charge in [0.2, 0.25) is 0 Å². The van der Waals surface area contributed by atoms with Gasteiger partial charge in [-0.05, 0) is 26.2 Å². The summed E-state index contributed by atoms with van der Waals surface area (Å²) in [6.45, 7) is 9.38. The van der Waals surface area contributed by atoms with Gasteiger partial charge in [0, 0.05) is 25.4 Å². The van der Waals surface area contributed by atoms with Crippen LogP contribution in [0.25, 0.3) is 0 Å². The zero-order valence-electron chi connectivity index (χ0n) is 12.9. The van der Waals surface area contributed by atoms with Gasteiger partial charge in [0.25, 0.3) is 0 Å². The minimum Gasteiger partial charge on any atom is -0.371 e. The van der Waals surface area contributed by atoms with Gasteiger partial charge in [-0.3, -0.25) is 0 Å². The fourth-order valence-electron chi connectivity index (χ4n) is 1.86. The summed E-state index contributed by atoms with van der Waals surface area (Å²) in [6, 6.07) is 2.05. The lowest BCUT2D eigenvalue weighted by Gasteiger charge is -2.25. The molecule has 0 bridgehead atoms. The molecule has 4 nitrogen and oxygen atoms in total. The molecule has 0 saturated carbocycles. The molecule has 1 heterocycles. The molecule has 0 spiro atoms. The van der Waals surface area contributed by atoms with E-state index in [0.717, 1.165) is 49.6 Å². The maximum Gasteiger partial charge on any atom is 0.162 e. The summed E-state index contributed by atoms with van der Waals surface area (Å²) in [6.07, 6.45) is 3.99. The summed E-state index contributed by atoms with van der Waals surface area (Å²) < 4.78 is 5.61. The van der Waals surface area contributed by atoms with Gasteiger partial charge in [-0.1, -0.05) is 27.2 Å². The molecule has 0 aliphatic rings. The van der Waals surface area contributed by atoms with Crippen LogP contribution in [0.2, 0.25) is 0 Å². The van der Waals surface area contributed by atoms with Gasteiger partial charge in [-0.2, -0.15) is 0 Å². The molecule has 1 N–H and O–H groups in total. The van der Waals surface area contributed by atoms with E-state index in [0.29, 0.717) is 0 Å². The Bertz CT molecular complexity index is 389. The fraction of sp³-hybridized carbons (Fsp3) is 0.733. The first kappa shape index (κ1) is 15.9. The Morgan fingerprint density at radius 1 is 1.21 bits per heavy atom. The lowest BCUT2D eigenvalue weighted by Crippen LogP contribution is -2.27. The van der Waals surface area contributed by atoms with Gasteiger partial charge in [0.15, 0.2) is 5.82 Å². The highest BCUT2D eigenvalue weighted by atomic mass is 16.5. The zero-order chi connectivity index (χ0) is 14.3. The van der Waals surface area contributed by atoms with Crippen LogP contribution in [-0.4, -0.2) is 23.6 Å². The Morgan fingerprint density at radius 3 is 2.47 bits per heavy atom. The van der Waals surface area contributed by atoms with Crippen molar-refractivity contribution in [1.29, 1.82) is 0 Å². The van der Waals surface area contributed by atoms with Crippen LogP contribution in [0.3, 0.4) is 0 Å². The third-order valence-electron chi connectivity index (χ3n) is 3.44. The maximum absolute atomic E-state index is 5.61. The first-order valence-corrected chi connectivity index (χ1v) is 7.27. The monoisotopic (exact) mass is 265 g/mol. The van der Waals surface area contributed by atoms with Gasteiger partial charge in [0.1, 0.15) is 11.4 Å². The Hall–Kier alpha value is -1.16. The molecule has 0 saturated heterocycles. The minimum absolute atomic E-state index is 0.410. The van der Waals surface area contributed by atoms with Crippen molar-refractivity contribution in [3.8, 4) is 0 Å². The molecule has 1 aromatic heterocycles. The normalized spacial score (nSPS) is 14.2. The van der Waals surface area contributed by atoms with E-state index in [1.165, 1.54) is 0 Å². The van der Waals surface area contributed by atoms with E-state index in [1.54, 1.807) is 7.11 Å². The number of anilines is 1. The van der Waals surface area contributed by atoms with Crippen molar-refractivity contribution in [2.45, 2.75) is 59.0 Å². The van der Waals surface area contributed by atoms with Crippen LogP contribution in [0.15, 0.2) is 6.07 Å². The number of aryl methyl sites for hydroxylation is 1. The molecule has 4 heteroatoms. The van der Waals surface area contributed by atoms with Crippen LogP contribution in [0.5, 0.6) is 0 Å². The van der Waals surface area contributed by atoms with E-state index < -0.39 is 5.60 Å². The second-order valence-corrected chi connectivity index (χ2v) is 5.03. The van der Waals surface area contributed by atoms with E-state index in [-0.39, 0.29) is 0 Å². The largest absolute Gasteiger partial charge is 0.371 e. The SMILES string of the molecule is CCCNc1cc(CCC)nc(C(C)(CC)OC)n1. The number of rotatable bonds is 8. The molecule has 1 unspecified atom stereocenters. The minimum atomic E-state index is -0.410. The molecule has 0 fully saturated rings. The van der Waals surface area contributed by atoms with Crippen LogP contribution in [0, 0.1) is 0 Å². The quantitative estimate of drug-likeness (QED) is 0.781. The van der Waals surface area contributed by atoms with Crippen LogP contribution in [0.4, 0.5) is 5.82 Å². The average Bonchev–Trinajstić information content (AvgIpc) is 2.44. The molecule has 0 aliphatic heterocycles. The topological polar surface area (TPSA) is 47.0 Å². The second-order valence-electron chi connectivity index (χ2n) is 5.03.